The normalized spacial score (nSPS) is 33.2. The Labute approximate surface area is 64.7 Å². The maximum Gasteiger partial charge on any atom is 0.266 e. The molecule has 0 aliphatic heterocycles. The molecule has 0 aromatic rings. The van der Waals surface area contributed by atoms with Gasteiger partial charge in [-0.15, -0.1) is 0 Å². The SMILES string of the molecule is [2H]C([2H])([2H])OC([2H])(OS(C)(=O)=O)C([2H])([2H])[2H]. The Morgan fingerprint density at radius 3 is 2.78 bits per heavy atom. The fourth-order valence-corrected chi connectivity index (χ4v) is 0.463. The molecule has 9 heavy (non-hydrogen) atoms. The first-order valence-electron chi connectivity index (χ1n) is 5.27. The van der Waals surface area contributed by atoms with Crippen LogP contribution in [-0.2, 0) is 19.0 Å². The van der Waals surface area contributed by atoms with Crippen LogP contribution in [0.25, 0.3) is 0 Å². The van der Waals surface area contributed by atoms with Gasteiger partial charge in [-0.25, -0.2) is 4.18 Å². The fraction of sp³-hybridized carbons (Fsp3) is 1.00. The number of hydrogen-bond donors (Lipinski definition) is 0. The summed E-state index contributed by atoms with van der Waals surface area (Å²) in [5, 5.41) is 0. The summed E-state index contributed by atoms with van der Waals surface area (Å²) in [4.78, 5) is 0. The Balaban J connectivity index is 5.23. The lowest BCUT2D eigenvalue weighted by atomic mass is 10.8. The van der Waals surface area contributed by atoms with E-state index < -0.39 is 30.3 Å². The van der Waals surface area contributed by atoms with Crippen molar-refractivity contribution in [3.8, 4) is 0 Å². The average Bonchev–Trinajstić information content (AvgIpc) is 1.72. The maximum absolute atomic E-state index is 10.7. The molecule has 0 spiro atoms. The van der Waals surface area contributed by atoms with Crippen LogP contribution in [0.15, 0.2) is 0 Å². The molecule has 0 aromatic carbocycles. The third kappa shape index (κ3) is 5.75. The van der Waals surface area contributed by atoms with E-state index in [1.807, 2.05) is 0 Å². The second-order valence-corrected chi connectivity index (χ2v) is 2.75. The summed E-state index contributed by atoms with van der Waals surface area (Å²) >= 11 is 0. The zero-order chi connectivity index (χ0) is 13.4. The summed E-state index contributed by atoms with van der Waals surface area (Å²) in [6, 6.07) is 0. The largest absolute Gasteiger partial charge is 0.355 e. The summed E-state index contributed by atoms with van der Waals surface area (Å²) in [6.45, 7) is -3.40. The van der Waals surface area contributed by atoms with Gasteiger partial charge in [0.25, 0.3) is 10.1 Å². The summed E-state index contributed by atoms with van der Waals surface area (Å²) in [7, 11) is -7.64. The standard InChI is InChI=1S/C4H10O4S/c1-4(7-2)8-9(3,5)6/h4H,1-3H3/i1D3,2D3,4D. The van der Waals surface area contributed by atoms with Gasteiger partial charge in [0, 0.05) is 11.2 Å². The van der Waals surface area contributed by atoms with Gasteiger partial charge in [0.2, 0.25) is 0 Å². The van der Waals surface area contributed by atoms with Gasteiger partial charge >= 0.3 is 0 Å². The molecule has 0 bridgehead atoms. The molecule has 0 aliphatic rings. The van der Waals surface area contributed by atoms with Crippen LogP contribution >= 0.6 is 0 Å². The van der Waals surface area contributed by atoms with Crippen LogP contribution < -0.4 is 0 Å². The minimum absolute atomic E-state index is 0.477. The van der Waals surface area contributed by atoms with Gasteiger partial charge in [-0.05, 0) is 6.85 Å². The highest BCUT2D eigenvalue weighted by Crippen LogP contribution is 1.95. The summed E-state index contributed by atoms with van der Waals surface area (Å²) < 4.78 is 76.7. The van der Waals surface area contributed by atoms with E-state index in [1.165, 1.54) is 0 Å². The van der Waals surface area contributed by atoms with E-state index in [0.29, 0.717) is 6.26 Å². The van der Waals surface area contributed by atoms with E-state index >= 15 is 0 Å². The Morgan fingerprint density at radius 1 is 1.78 bits per heavy atom. The lowest BCUT2D eigenvalue weighted by molar-refractivity contribution is -0.0330. The third-order valence-corrected chi connectivity index (χ3v) is 0.774. The van der Waals surface area contributed by atoms with Crippen LogP contribution in [-0.4, -0.2) is 28.0 Å². The molecule has 1 unspecified atom stereocenters. The molecule has 0 radical (unpaired) electrons. The zero-order valence-corrected chi connectivity index (χ0v) is 5.36. The van der Waals surface area contributed by atoms with E-state index in [-0.39, 0.29) is 0 Å². The minimum atomic E-state index is -4.36. The molecule has 0 rings (SSSR count). The zero-order valence-electron chi connectivity index (χ0n) is 11.5. The smallest absolute Gasteiger partial charge is 0.266 e. The molecule has 4 nitrogen and oxygen atoms in total. The quantitative estimate of drug-likeness (QED) is 0.430. The van der Waals surface area contributed by atoms with E-state index in [2.05, 4.69) is 8.92 Å². The highest BCUT2D eigenvalue weighted by Gasteiger charge is 2.07. The van der Waals surface area contributed by atoms with Crippen molar-refractivity contribution < 1.29 is 26.9 Å². The predicted octanol–water partition coefficient (Wildman–Crippen LogP) is -0.0450. The Morgan fingerprint density at radius 2 is 2.44 bits per heavy atom. The molecular formula is C4H10O4S. The van der Waals surface area contributed by atoms with Gasteiger partial charge in [0.15, 0.2) is 6.27 Å². The van der Waals surface area contributed by atoms with Crippen LogP contribution in [0.3, 0.4) is 0 Å². The molecule has 1 atom stereocenters. The first-order valence-corrected chi connectivity index (χ1v) is 3.59. The third-order valence-electron chi connectivity index (χ3n) is 0.320. The predicted molar refractivity (Wildman–Crippen MR) is 32.4 cm³/mol. The van der Waals surface area contributed by atoms with Crippen molar-refractivity contribution in [3.05, 3.63) is 0 Å². The van der Waals surface area contributed by atoms with Crippen molar-refractivity contribution in [3.63, 3.8) is 0 Å². The second kappa shape index (κ2) is 3.14. The van der Waals surface area contributed by atoms with E-state index in [9.17, 15) is 8.42 Å². The van der Waals surface area contributed by atoms with Gasteiger partial charge in [0.1, 0.15) is 0 Å². The van der Waals surface area contributed by atoms with Crippen LogP contribution in [0.4, 0.5) is 0 Å². The molecule has 0 fully saturated rings. The first kappa shape index (κ1) is 2.48. The van der Waals surface area contributed by atoms with Crippen LogP contribution in [0.1, 0.15) is 16.4 Å². The second-order valence-electron chi connectivity index (χ2n) is 1.18. The van der Waals surface area contributed by atoms with E-state index in [4.69, 9.17) is 9.60 Å². The Bertz CT molecular complexity index is 342. The highest BCUT2D eigenvalue weighted by atomic mass is 32.2. The van der Waals surface area contributed by atoms with Crippen LogP contribution in [0, 0.1) is 0 Å². The van der Waals surface area contributed by atoms with Gasteiger partial charge in [-0.2, -0.15) is 8.42 Å². The lowest BCUT2D eigenvalue weighted by Crippen LogP contribution is -2.15. The fourth-order valence-electron chi connectivity index (χ4n) is 0.154. The number of rotatable bonds is 3. The first-order chi connectivity index (χ1) is 6.66. The van der Waals surface area contributed by atoms with E-state index in [0.717, 1.165) is 0 Å². The van der Waals surface area contributed by atoms with Gasteiger partial charge in [0.05, 0.1) is 11.7 Å². The van der Waals surface area contributed by atoms with E-state index in [1.54, 1.807) is 0 Å². The number of ether oxygens (including phenoxy) is 1. The van der Waals surface area contributed by atoms with Gasteiger partial charge < -0.3 is 4.74 Å². The maximum atomic E-state index is 10.7. The summed E-state index contributed by atoms with van der Waals surface area (Å²) in [6.07, 6.45) is -3.02. The molecule has 5 heteroatoms. The highest BCUT2D eigenvalue weighted by molar-refractivity contribution is 7.86. The van der Waals surface area contributed by atoms with Crippen molar-refractivity contribution in [2.75, 3.05) is 13.3 Å². The molecule has 0 saturated heterocycles. The molecule has 56 valence electrons. The van der Waals surface area contributed by atoms with Crippen molar-refractivity contribution in [2.45, 2.75) is 13.1 Å². The molecule has 0 aliphatic carbocycles. The van der Waals surface area contributed by atoms with Gasteiger partial charge in [-0.3, -0.25) is 0 Å². The number of hydrogen-bond acceptors (Lipinski definition) is 4. The molecule has 0 heterocycles. The van der Waals surface area contributed by atoms with Crippen molar-refractivity contribution in [2.24, 2.45) is 0 Å². The molecular weight excluding hydrogens is 144 g/mol. The Hall–Kier alpha value is -0.130. The Kier molecular flexibility index (Phi) is 0.868. The topological polar surface area (TPSA) is 52.6 Å². The molecule has 0 N–H and O–H groups in total. The lowest BCUT2D eigenvalue weighted by Gasteiger charge is -2.06. The minimum Gasteiger partial charge on any atom is -0.355 e. The van der Waals surface area contributed by atoms with Crippen molar-refractivity contribution in [1.29, 1.82) is 0 Å². The van der Waals surface area contributed by atoms with Crippen molar-refractivity contribution >= 4 is 10.1 Å². The van der Waals surface area contributed by atoms with Crippen molar-refractivity contribution in [1.82, 2.24) is 0 Å². The summed E-state index contributed by atoms with van der Waals surface area (Å²) in [5.74, 6) is 0. The number of methoxy groups -OCH3 is 1. The monoisotopic (exact) mass is 161 g/mol. The molecule has 0 saturated carbocycles. The van der Waals surface area contributed by atoms with Crippen LogP contribution in [0.2, 0.25) is 0 Å². The average molecular weight is 161 g/mol. The molecule has 0 aromatic heterocycles. The molecule has 0 amide bonds. The van der Waals surface area contributed by atoms with Gasteiger partial charge in [-0.1, -0.05) is 0 Å². The summed E-state index contributed by atoms with van der Waals surface area (Å²) in [5.41, 5.74) is 0. The van der Waals surface area contributed by atoms with Crippen LogP contribution in [0.5, 0.6) is 0 Å².